The van der Waals surface area contributed by atoms with Gasteiger partial charge in [0.2, 0.25) is 0 Å². The minimum atomic E-state index is 0.698. The molecule has 2 N–H and O–H groups in total. The number of hydrogen-bond donors (Lipinski definition) is 2. The van der Waals surface area contributed by atoms with Gasteiger partial charge in [-0.2, -0.15) is 5.10 Å². The summed E-state index contributed by atoms with van der Waals surface area (Å²) in [4.78, 5) is 0. The monoisotopic (exact) mass is 247 g/mol. The molecular formula is C13H14ClN3. The summed E-state index contributed by atoms with van der Waals surface area (Å²) >= 11 is 6.19. The van der Waals surface area contributed by atoms with Gasteiger partial charge in [-0.05, 0) is 18.9 Å². The van der Waals surface area contributed by atoms with Gasteiger partial charge in [-0.25, -0.2) is 0 Å². The van der Waals surface area contributed by atoms with Crippen molar-refractivity contribution in [1.29, 1.82) is 0 Å². The summed E-state index contributed by atoms with van der Waals surface area (Å²) in [6, 6.07) is 8.53. The molecule has 1 aromatic carbocycles. The molecule has 0 bridgehead atoms. The van der Waals surface area contributed by atoms with Crippen molar-refractivity contribution in [3.8, 4) is 11.3 Å². The Kier molecular flexibility index (Phi) is 2.87. The number of hydrogen-bond acceptors (Lipinski definition) is 2. The zero-order valence-electron chi connectivity index (χ0n) is 9.41. The Morgan fingerprint density at radius 3 is 2.94 bits per heavy atom. The fraction of sp³-hybridized carbons (Fsp3) is 0.308. The molecule has 0 saturated heterocycles. The summed E-state index contributed by atoms with van der Waals surface area (Å²) in [5.41, 5.74) is 3.20. The molecule has 0 unspecified atom stereocenters. The molecule has 2 aromatic rings. The van der Waals surface area contributed by atoms with Gasteiger partial charge in [0, 0.05) is 28.7 Å². The number of benzene rings is 1. The van der Waals surface area contributed by atoms with Crippen LogP contribution in [0.5, 0.6) is 0 Å². The molecule has 3 nitrogen and oxygen atoms in total. The van der Waals surface area contributed by atoms with Crippen molar-refractivity contribution in [3.05, 3.63) is 41.0 Å². The molecule has 88 valence electrons. The summed E-state index contributed by atoms with van der Waals surface area (Å²) < 4.78 is 0. The van der Waals surface area contributed by atoms with Crippen LogP contribution in [0.1, 0.15) is 18.4 Å². The number of nitrogens with zero attached hydrogens (tertiary/aromatic N) is 1. The van der Waals surface area contributed by atoms with Crippen LogP contribution in [0.15, 0.2) is 30.5 Å². The number of halogens is 1. The number of H-pyrrole nitrogens is 1. The van der Waals surface area contributed by atoms with Crippen molar-refractivity contribution >= 4 is 11.6 Å². The number of rotatable bonds is 4. The first-order valence-electron chi connectivity index (χ1n) is 5.85. The maximum Gasteiger partial charge on any atom is 0.0710 e. The summed E-state index contributed by atoms with van der Waals surface area (Å²) in [6.07, 6.45) is 4.45. The summed E-state index contributed by atoms with van der Waals surface area (Å²) in [7, 11) is 0. The van der Waals surface area contributed by atoms with E-state index >= 15 is 0 Å². The third kappa shape index (κ3) is 2.35. The van der Waals surface area contributed by atoms with E-state index in [0.717, 1.165) is 22.8 Å². The topological polar surface area (TPSA) is 40.7 Å². The van der Waals surface area contributed by atoms with Crippen LogP contribution in [0.3, 0.4) is 0 Å². The van der Waals surface area contributed by atoms with Crippen LogP contribution < -0.4 is 5.32 Å². The Morgan fingerprint density at radius 2 is 2.18 bits per heavy atom. The van der Waals surface area contributed by atoms with Crippen LogP contribution in [-0.4, -0.2) is 16.2 Å². The second-order valence-corrected chi connectivity index (χ2v) is 4.81. The standard InChI is InChI=1S/C13H14ClN3/c14-12-4-2-1-3-11(12)13-9(8-16-17-13)7-15-10-5-6-10/h1-4,8,10,15H,5-7H2,(H,16,17). The average molecular weight is 248 g/mol. The highest BCUT2D eigenvalue weighted by Crippen LogP contribution is 2.29. The van der Waals surface area contributed by atoms with E-state index in [1.165, 1.54) is 18.4 Å². The lowest BCUT2D eigenvalue weighted by Gasteiger charge is -2.06. The highest BCUT2D eigenvalue weighted by Gasteiger charge is 2.21. The maximum atomic E-state index is 6.19. The molecule has 1 aliphatic rings. The molecule has 1 heterocycles. The molecule has 4 heteroatoms. The quantitative estimate of drug-likeness (QED) is 0.872. The van der Waals surface area contributed by atoms with Crippen LogP contribution in [0.2, 0.25) is 5.02 Å². The van der Waals surface area contributed by atoms with E-state index < -0.39 is 0 Å². The molecular weight excluding hydrogens is 234 g/mol. The number of nitrogens with one attached hydrogen (secondary N) is 2. The highest BCUT2D eigenvalue weighted by molar-refractivity contribution is 6.33. The van der Waals surface area contributed by atoms with Gasteiger partial charge in [-0.1, -0.05) is 29.8 Å². The lowest BCUT2D eigenvalue weighted by Crippen LogP contribution is -2.15. The van der Waals surface area contributed by atoms with E-state index in [2.05, 4.69) is 15.5 Å². The summed E-state index contributed by atoms with van der Waals surface area (Å²) in [6.45, 7) is 0.849. The predicted octanol–water partition coefficient (Wildman–Crippen LogP) is 2.98. The molecule has 1 aromatic heterocycles. The van der Waals surface area contributed by atoms with Crippen molar-refractivity contribution < 1.29 is 0 Å². The SMILES string of the molecule is Clc1ccccc1-c1[nH]ncc1CNC1CC1. The molecule has 0 atom stereocenters. The molecule has 3 rings (SSSR count). The van der Waals surface area contributed by atoms with Gasteiger partial charge in [0.15, 0.2) is 0 Å². The zero-order chi connectivity index (χ0) is 11.7. The highest BCUT2D eigenvalue weighted by atomic mass is 35.5. The average Bonchev–Trinajstić information content (AvgIpc) is 3.06. The minimum absolute atomic E-state index is 0.698. The van der Waals surface area contributed by atoms with E-state index in [1.54, 1.807) is 0 Å². The normalized spacial score (nSPS) is 15.1. The first-order valence-corrected chi connectivity index (χ1v) is 6.23. The molecule has 1 aliphatic carbocycles. The first kappa shape index (κ1) is 10.8. The first-order chi connectivity index (χ1) is 8.34. The van der Waals surface area contributed by atoms with Gasteiger partial charge in [-0.15, -0.1) is 0 Å². The Morgan fingerprint density at radius 1 is 1.35 bits per heavy atom. The fourth-order valence-corrected chi connectivity index (χ4v) is 2.11. The molecule has 17 heavy (non-hydrogen) atoms. The molecule has 0 spiro atoms. The van der Waals surface area contributed by atoms with E-state index in [0.29, 0.717) is 6.04 Å². The lowest BCUT2D eigenvalue weighted by atomic mass is 10.1. The second kappa shape index (κ2) is 4.51. The lowest BCUT2D eigenvalue weighted by molar-refractivity contribution is 0.689. The predicted molar refractivity (Wildman–Crippen MR) is 68.9 cm³/mol. The van der Waals surface area contributed by atoms with Crippen molar-refractivity contribution in [2.45, 2.75) is 25.4 Å². The minimum Gasteiger partial charge on any atom is -0.310 e. The molecule has 0 radical (unpaired) electrons. The second-order valence-electron chi connectivity index (χ2n) is 4.41. The molecule has 1 saturated carbocycles. The van der Waals surface area contributed by atoms with E-state index in [9.17, 15) is 0 Å². The van der Waals surface area contributed by atoms with Gasteiger partial charge >= 0.3 is 0 Å². The molecule has 0 amide bonds. The van der Waals surface area contributed by atoms with Crippen molar-refractivity contribution in [2.24, 2.45) is 0 Å². The summed E-state index contributed by atoms with van der Waals surface area (Å²) in [5.74, 6) is 0. The van der Waals surface area contributed by atoms with Crippen LogP contribution >= 0.6 is 11.6 Å². The van der Waals surface area contributed by atoms with Crippen molar-refractivity contribution in [3.63, 3.8) is 0 Å². The van der Waals surface area contributed by atoms with Gasteiger partial charge in [0.05, 0.1) is 11.9 Å². The number of aromatic amines is 1. The van der Waals surface area contributed by atoms with Crippen molar-refractivity contribution in [1.82, 2.24) is 15.5 Å². The Labute approximate surface area is 105 Å². The number of aromatic nitrogens is 2. The largest absolute Gasteiger partial charge is 0.310 e. The van der Waals surface area contributed by atoms with Gasteiger partial charge in [0.1, 0.15) is 0 Å². The van der Waals surface area contributed by atoms with Crippen LogP contribution in [-0.2, 0) is 6.54 Å². The van der Waals surface area contributed by atoms with E-state index in [-0.39, 0.29) is 0 Å². The fourth-order valence-electron chi connectivity index (χ4n) is 1.88. The van der Waals surface area contributed by atoms with Crippen LogP contribution in [0.25, 0.3) is 11.3 Å². The Balaban J connectivity index is 1.86. The molecule has 0 aliphatic heterocycles. The van der Waals surface area contributed by atoms with Crippen molar-refractivity contribution in [2.75, 3.05) is 0 Å². The van der Waals surface area contributed by atoms with Gasteiger partial charge in [-0.3, -0.25) is 5.10 Å². The summed E-state index contributed by atoms with van der Waals surface area (Å²) in [5, 5.41) is 11.4. The Hall–Kier alpha value is -1.32. The van der Waals surface area contributed by atoms with Crippen LogP contribution in [0.4, 0.5) is 0 Å². The van der Waals surface area contributed by atoms with E-state index in [1.807, 2.05) is 30.5 Å². The van der Waals surface area contributed by atoms with Gasteiger partial charge < -0.3 is 5.32 Å². The maximum absolute atomic E-state index is 6.19. The third-order valence-corrected chi connectivity index (χ3v) is 3.35. The third-order valence-electron chi connectivity index (χ3n) is 3.02. The van der Waals surface area contributed by atoms with E-state index in [4.69, 9.17) is 11.6 Å². The smallest absolute Gasteiger partial charge is 0.0710 e. The molecule has 1 fully saturated rings. The van der Waals surface area contributed by atoms with Crippen LogP contribution in [0, 0.1) is 0 Å². The Bertz CT molecular complexity index is 517. The van der Waals surface area contributed by atoms with Gasteiger partial charge in [0.25, 0.3) is 0 Å². The zero-order valence-corrected chi connectivity index (χ0v) is 10.2.